The Morgan fingerprint density at radius 3 is 2.55 bits per heavy atom. The molecule has 2 aliphatic rings. The molecule has 0 aromatic heterocycles. The van der Waals surface area contributed by atoms with Gasteiger partial charge in [0.05, 0.1) is 20.8 Å². The Kier molecular flexibility index (Phi) is 4.11. The number of carbonyl (C=O) groups is 1. The first-order valence-electron chi connectivity index (χ1n) is 7.51. The van der Waals surface area contributed by atoms with Crippen LogP contribution in [0.25, 0.3) is 0 Å². The van der Waals surface area contributed by atoms with Crippen LogP contribution < -0.4 is 14.8 Å². The van der Waals surface area contributed by atoms with Crippen molar-refractivity contribution in [1.29, 1.82) is 0 Å². The molecule has 22 heavy (non-hydrogen) atoms. The maximum atomic E-state index is 12.4. The van der Waals surface area contributed by atoms with Crippen LogP contribution in [0.3, 0.4) is 0 Å². The zero-order valence-corrected chi connectivity index (χ0v) is 13.1. The molecule has 2 amide bonds. The zero-order chi connectivity index (χ0) is 15.6. The molecule has 1 spiro atoms. The summed E-state index contributed by atoms with van der Waals surface area (Å²) in [7, 11) is 3.18. The van der Waals surface area contributed by atoms with Crippen molar-refractivity contribution in [2.24, 2.45) is 5.41 Å². The summed E-state index contributed by atoms with van der Waals surface area (Å²) in [4.78, 5) is 14.3. The Balaban J connectivity index is 1.67. The van der Waals surface area contributed by atoms with Gasteiger partial charge >= 0.3 is 6.03 Å². The van der Waals surface area contributed by atoms with Gasteiger partial charge in [0.25, 0.3) is 0 Å². The smallest absolute Gasteiger partial charge is 0.321 e. The van der Waals surface area contributed by atoms with E-state index in [0.29, 0.717) is 17.2 Å². The molecular formula is C16H22N2O4. The quantitative estimate of drug-likeness (QED) is 0.931. The number of methoxy groups -OCH3 is 2. The van der Waals surface area contributed by atoms with Crippen molar-refractivity contribution in [1.82, 2.24) is 4.90 Å². The third-order valence-corrected chi connectivity index (χ3v) is 4.51. The number of rotatable bonds is 3. The largest absolute Gasteiger partial charge is 0.497 e. The van der Waals surface area contributed by atoms with Crippen LogP contribution in [0, 0.1) is 5.41 Å². The Hall–Kier alpha value is -1.95. The average Bonchev–Trinajstić information content (AvgIpc) is 3.17. The van der Waals surface area contributed by atoms with Crippen molar-refractivity contribution in [2.75, 3.05) is 45.8 Å². The SMILES string of the molecule is COc1cc(NC(=O)N2CC[C@@]3(CCOC3)C2)cc(OC)c1. The number of likely N-dealkylation sites (tertiary alicyclic amines) is 1. The third kappa shape index (κ3) is 2.97. The van der Waals surface area contributed by atoms with Gasteiger partial charge in [-0.2, -0.15) is 0 Å². The lowest BCUT2D eigenvalue weighted by molar-refractivity contribution is 0.154. The predicted molar refractivity (Wildman–Crippen MR) is 82.6 cm³/mol. The molecule has 3 rings (SSSR count). The van der Waals surface area contributed by atoms with Crippen LogP contribution in [0.5, 0.6) is 11.5 Å². The Labute approximate surface area is 130 Å². The molecule has 2 fully saturated rings. The summed E-state index contributed by atoms with van der Waals surface area (Å²) in [5.74, 6) is 1.30. The van der Waals surface area contributed by atoms with E-state index in [1.807, 2.05) is 4.90 Å². The van der Waals surface area contributed by atoms with Crippen LogP contribution in [-0.2, 0) is 4.74 Å². The van der Waals surface area contributed by atoms with E-state index in [4.69, 9.17) is 14.2 Å². The van der Waals surface area contributed by atoms with Gasteiger partial charge in [-0.25, -0.2) is 4.79 Å². The lowest BCUT2D eigenvalue weighted by Gasteiger charge is -2.22. The van der Waals surface area contributed by atoms with E-state index in [-0.39, 0.29) is 11.4 Å². The number of amides is 2. The maximum absolute atomic E-state index is 12.4. The number of carbonyl (C=O) groups excluding carboxylic acids is 1. The number of hydrogen-bond acceptors (Lipinski definition) is 4. The second kappa shape index (κ2) is 6.04. The van der Waals surface area contributed by atoms with Crippen LogP contribution in [0.4, 0.5) is 10.5 Å². The van der Waals surface area contributed by atoms with E-state index in [0.717, 1.165) is 39.1 Å². The molecule has 0 saturated carbocycles. The minimum absolute atomic E-state index is 0.0842. The number of benzene rings is 1. The highest BCUT2D eigenvalue weighted by Gasteiger charge is 2.42. The summed E-state index contributed by atoms with van der Waals surface area (Å²) < 4.78 is 15.9. The molecule has 1 aromatic carbocycles. The van der Waals surface area contributed by atoms with Crippen molar-refractivity contribution in [3.05, 3.63) is 18.2 Å². The number of hydrogen-bond donors (Lipinski definition) is 1. The van der Waals surface area contributed by atoms with Crippen LogP contribution in [-0.4, -0.2) is 51.5 Å². The standard InChI is InChI=1S/C16H22N2O4/c1-20-13-7-12(8-14(9-13)21-2)17-15(19)18-5-3-16(10-18)4-6-22-11-16/h7-9H,3-6,10-11H2,1-2H3,(H,17,19)/t16-/m1/s1. The molecule has 2 aliphatic heterocycles. The second-order valence-electron chi connectivity index (χ2n) is 6.01. The maximum Gasteiger partial charge on any atom is 0.321 e. The minimum Gasteiger partial charge on any atom is -0.497 e. The highest BCUT2D eigenvalue weighted by Crippen LogP contribution is 2.38. The van der Waals surface area contributed by atoms with Gasteiger partial charge < -0.3 is 24.4 Å². The Morgan fingerprint density at radius 2 is 1.95 bits per heavy atom. The Bertz CT molecular complexity index is 533. The van der Waals surface area contributed by atoms with E-state index in [1.54, 1.807) is 32.4 Å². The van der Waals surface area contributed by atoms with Crippen LogP contribution in [0.1, 0.15) is 12.8 Å². The zero-order valence-electron chi connectivity index (χ0n) is 13.1. The molecule has 6 nitrogen and oxygen atoms in total. The molecular weight excluding hydrogens is 284 g/mol. The van der Waals surface area contributed by atoms with E-state index in [1.165, 1.54) is 0 Å². The molecule has 2 heterocycles. The monoisotopic (exact) mass is 306 g/mol. The third-order valence-electron chi connectivity index (χ3n) is 4.51. The van der Waals surface area contributed by atoms with Gasteiger partial charge in [-0.3, -0.25) is 0 Å². The van der Waals surface area contributed by atoms with E-state index >= 15 is 0 Å². The van der Waals surface area contributed by atoms with Crippen LogP contribution in [0.15, 0.2) is 18.2 Å². The summed E-state index contributed by atoms with van der Waals surface area (Å²) in [6.45, 7) is 3.11. The van der Waals surface area contributed by atoms with Crippen molar-refractivity contribution in [3.63, 3.8) is 0 Å². The normalized spacial score (nSPS) is 23.8. The fraction of sp³-hybridized carbons (Fsp3) is 0.562. The lowest BCUT2D eigenvalue weighted by atomic mass is 9.87. The lowest BCUT2D eigenvalue weighted by Crippen LogP contribution is -2.35. The summed E-state index contributed by atoms with van der Waals surface area (Å²) in [5, 5.41) is 2.93. The first kappa shape index (κ1) is 15.0. The molecule has 2 saturated heterocycles. The van der Waals surface area contributed by atoms with Gasteiger partial charge in [0.2, 0.25) is 0 Å². The molecule has 0 bridgehead atoms. The summed E-state index contributed by atoms with van der Waals surface area (Å²) in [6, 6.07) is 5.26. The van der Waals surface area contributed by atoms with Gasteiger partial charge in [0.1, 0.15) is 11.5 Å². The first-order valence-corrected chi connectivity index (χ1v) is 7.51. The van der Waals surface area contributed by atoms with E-state index in [9.17, 15) is 4.79 Å². The van der Waals surface area contributed by atoms with Gasteiger partial charge in [-0.05, 0) is 12.8 Å². The fourth-order valence-electron chi connectivity index (χ4n) is 3.16. The second-order valence-corrected chi connectivity index (χ2v) is 6.01. The summed E-state index contributed by atoms with van der Waals surface area (Å²) in [6.07, 6.45) is 2.06. The molecule has 1 atom stereocenters. The van der Waals surface area contributed by atoms with Gasteiger partial charge in [-0.15, -0.1) is 0 Å². The van der Waals surface area contributed by atoms with E-state index in [2.05, 4.69) is 5.32 Å². The number of anilines is 1. The van der Waals surface area contributed by atoms with Crippen molar-refractivity contribution < 1.29 is 19.0 Å². The summed E-state index contributed by atoms with van der Waals surface area (Å²) in [5.41, 5.74) is 0.841. The molecule has 1 aromatic rings. The number of nitrogens with one attached hydrogen (secondary N) is 1. The van der Waals surface area contributed by atoms with Crippen molar-refractivity contribution >= 4 is 11.7 Å². The van der Waals surface area contributed by atoms with Crippen LogP contribution in [0.2, 0.25) is 0 Å². The highest BCUT2D eigenvalue weighted by atomic mass is 16.5. The molecule has 0 aliphatic carbocycles. The minimum atomic E-state index is -0.0842. The Morgan fingerprint density at radius 1 is 1.23 bits per heavy atom. The van der Waals surface area contributed by atoms with Crippen molar-refractivity contribution in [2.45, 2.75) is 12.8 Å². The molecule has 120 valence electrons. The van der Waals surface area contributed by atoms with E-state index < -0.39 is 0 Å². The number of nitrogens with zero attached hydrogens (tertiary/aromatic N) is 1. The molecule has 1 N–H and O–H groups in total. The van der Waals surface area contributed by atoms with Gasteiger partial charge in [-0.1, -0.05) is 0 Å². The number of urea groups is 1. The van der Waals surface area contributed by atoms with Gasteiger partial charge in [0, 0.05) is 49.0 Å². The average molecular weight is 306 g/mol. The predicted octanol–water partition coefficient (Wildman–Crippen LogP) is 2.35. The topological polar surface area (TPSA) is 60.0 Å². The van der Waals surface area contributed by atoms with Crippen LogP contribution >= 0.6 is 0 Å². The molecule has 6 heteroatoms. The molecule has 0 unspecified atom stereocenters. The highest BCUT2D eigenvalue weighted by molar-refractivity contribution is 5.90. The first-order chi connectivity index (χ1) is 10.6. The van der Waals surface area contributed by atoms with Gasteiger partial charge in [0.15, 0.2) is 0 Å². The van der Waals surface area contributed by atoms with Crippen molar-refractivity contribution in [3.8, 4) is 11.5 Å². The molecule has 0 radical (unpaired) electrons. The number of ether oxygens (including phenoxy) is 3. The fourth-order valence-corrected chi connectivity index (χ4v) is 3.16. The summed E-state index contributed by atoms with van der Waals surface area (Å²) >= 11 is 0.